The number of nitrogens with one attached hydrogen (secondary N) is 1. The van der Waals surface area contributed by atoms with Gasteiger partial charge in [0, 0.05) is 17.8 Å². The molecule has 1 saturated carbocycles. The van der Waals surface area contributed by atoms with E-state index in [1.165, 1.54) is 5.56 Å². The fraction of sp³-hybridized carbons (Fsp3) is 0.600. The van der Waals surface area contributed by atoms with Crippen LogP contribution in [0.2, 0.25) is 0 Å². The van der Waals surface area contributed by atoms with Crippen LogP contribution in [-0.4, -0.2) is 16.9 Å². The summed E-state index contributed by atoms with van der Waals surface area (Å²) in [6.45, 7) is 6.27. The number of hydroxylamine groups is 1. The fourth-order valence-corrected chi connectivity index (χ4v) is 4.44. The number of aryl methyl sites for hydroxylation is 1. The lowest BCUT2D eigenvalue weighted by atomic mass is 9.74. The molecule has 1 aliphatic carbocycles. The van der Waals surface area contributed by atoms with Gasteiger partial charge in [0.2, 0.25) is 5.91 Å². The number of hydrogen-bond donors (Lipinski definition) is 2. The average Bonchev–Trinajstić information content (AvgIpc) is 2.76. The van der Waals surface area contributed by atoms with E-state index >= 15 is 0 Å². The van der Waals surface area contributed by atoms with Crippen LogP contribution in [-0.2, 0) is 16.0 Å². The standard InChI is InChI=1S/C20H29NO3/c1-14(2)11-20(13-18(22)21-24)12-15(3)17(19(20)23)10-9-16-7-5-4-6-8-16/h4-8,14-15,17,24H,9-13H2,1-3H3,(H,21,22). The van der Waals surface area contributed by atoms with Crippen LogP contribution in [0, 0.1) is 23.2 Å². The highest BCUT2D eigenvalue weighted by Gasteiger charge is 2.51. The van der Waals surface area contributed by atoms with Crippen molar-refractivity contribution in [3.8, 4) is 0 Å². The summed E-state index contributed by atoms with van der Waals surface area (Å²) in [5, 5.41) is 8.90. The monoisotopic (exact) mass is 331 g/mol. The summed E-state index contributed by atoms with van der Waals surface area (Å²) in [6.07, 6.45) is 3.23. The van der Waals surface area contributed by atoms with Gasteiger partial charge in [0.15, 0.2) is 0 Å². The van der Waals surface area contributed by atoms with Crippen molar-refractivity contribution in [1.29, 1.82) is 0 Å². The van der Waals surface area contributed by atoms with E-state index in [4.69, 9.17) is 5.21 Å². The Morgan fingerprint density at radius 2 is 2.00 bits per heavy atom. The van der Waals surface area contributed by atoms with Crippen molar-refractivity contribution < 1.29 is 14.8 Å². The number of Topliss-reactive ketones (excluding diaryl/α,β-unsaturated/α-hetero) is 1. The largest absolute Gasteiger partial charge is 0.299 e. The number of carbonyl (C=O) groups excluding carboxylic acids is 2. The summed E-state index contributed by atoms with van der Waals surface area (Å²) in [6, 6.07) is 10.2. The predicted molar refractivity (Wildman–Crippen MR) is 93.5 cm³/mol. The van der Waals surface area contributed by atoms with Gasteiger partial charge in [0.05, 0.1) is 0 Å². The molecule has 24 heavy (non-hydrogen) atoms. The van der Waals surface area contributed by atoms with Crippen LogP contribution < -0.4 is 5.48 Å². The summed E-state index contributed by atoms with van der Waals surface area (Å²) in [5.74, 6) is 0.352. The molecule has 4 nitrogen and oxygen atoms in total. The highest BCUT2D eigenvalue weighted by atomic mass is 16.5. The van der Waals surface area contributed by atoms with Gasteiger partial charge >= 0.3 is 0 Å². The van der Waals surface area contributed by atoms with Gasteiger partial charge in [-0.1, -0.05) is 51.1 Å². The molecule has 2 N–H and O–H groups in total. The van der Waals surface area contributed by atoms with Crippen molar-refractivity contribution in [2.45, 2.75) is 52.9 Å². The van der Waals surface area contributed by atoms with E-state index in [-0.39, 0.29) is 24.0 Å². The number of rotatable bonds is 7. The fourth-order valence-electron chi connectivity index (χ4n) is 4.44. The van der Waals surface area contributed by atoms with Gasteiger partial charge in [0.25, 0.3) is 0 Å². The van der Waals surface area contributed by atoms with Crippen LogP contribution in [0.3, 0.4) is 0 Å². The number of hydrogen-bond acceptors (Lipinski definition) is 3. The molecule has 0 aliphatic heterocycles. The topological polar surface area (TPSA) is 66.4 Å². The Bertz CT molecular complexity index is 570. The molecule has 0 saturated heterocycles. The third kappa shape index (κ3) is 4.23. The lowest BCUT2D eigenvalue weighted by molar-refractivity contribution is -0.139. The van der Waals surface area contributed by atoms with Gasteiger partial charge < -0.3 is 0 Å². The van der Waals surface area contributed by atoms with E-state index in [9.17, 15) is 9.59 Å². The second kappa shape index (κ2) is 7.93. The van der Waals surface area contributed by atoms with Gasteiger partial charge in [-0.2, -0.15) is 0 Å². The summed E-state index contributed by atoms with van der Waals surface area (Å²) in [4.78, 5) is 25.0. The Morgan fingerprint density at radius 1 is 1.33 bits per heavy atom. The normalized spacial score (nSPS) is 26.8. The van der Waals surface area contributed by atoms with Crippen molar-refractivity contribution in [2.75, 3.05) is 0 Å². The van der Waals surface area contributed by atoms with E-state index in [2.05, 4.69) is 32.9 Å². The van der Waals surface area contributed by atoms with E-state index in [0.717, 1.165) is 19.3 Å². The molecule has 1 aliphatic rings. The van der Waals surface area contributed by atoms with Crippen molar-refractivity contribution in [3.05, 3.63) is 35.9 Å². The van der Waals surface area contributed by atoms with Crippen LogP contribution in [0.5, 0.6) is 0 Å². The lowest BCUT2D eigenvalue weighted by Crippen LogP contribution is -2.36. The van der Waals surface area contributed by atoms with Crippen molar-refractivity contribution in [1.82, 2.24) is 5.48 Å². The highest BCUT2D eigenvalue weighted by molar-refractivity contribution is 5.93. The number of ketones is 1. The average molecular weight is 331 g/mol. The molecule has 3 atom stereocenters. The van der Waals surface area contributed by atoms with Crippen LogP contribution in [0.1, 0.15) is 52.0 Å². The highest BCUT2D eigenvalue weighted by Crippen LogP contribution is 2.50. The quantitative estimate of drug-likeness (QED) is 0.590. The smallest absolute Gasteiger partial charge is 0.244 e. The molecule has 1 fully saturated rings. The Kier molecular flexibility index (Phi) is 6.16. The molecule has 0 aromatic heterocycles. The molecule has 0 heterocycles. The zero-order chi connectivity index (χ0) is 17.7. The molecular weight excluding hydrogens is 302 g/mol. The van der Waals surface area contributed by atoms with E-state index < -0.39 is 11.3 Å². The molecule has 0 bridgehead atoms. The number of carbonyl (C=O) groups is 2. The number of benzene rings is 1. The zero-order valence-corrected chi connectivity index (χ0v) is 14.9. The molecule has 1 aromatic carbocycles. The Hall–Kier alpha value is -1.68. The maximum absolute atomic E-state index is 13.2. The minimum absolute atomic E-state index is 0.00421. The van der Waals surface area contributed by atoms with E-state index in [1.54, 1.807) is 5.48 Å². The van der Waals surface area contributed by atoms with Crippen LogP contribution in [0.15, 0.2) is 30.3 Å². The molecule has 132 valence electrons. The molecule has 1 amide bonds. The van der Waals surface area contributed by atoms with Crippen LogP contribution in [0.25, 0.3) is 0 Å². The molecular formula is C20H29NO3. The van der Waals surface area contributed by atoms with Gasteiger partial charge in [-0.05, 0) is 43.1 Å². The van der Waals surface area contributed by atoms with E-state index in [1.807, 2.05) is 18.2 Å². The van der Waals surface area contributed by atoms with Crippen LogP contribution >= 0.6 is 0 Å². The second-order valence-electron chi connectivity index (χ2n) is 7.77. The maximum Gasteiger partial charge on any atom is 0.244 e. The van der Waals surface area contributed by atoms with Crippen molar-refractivity contribution in [2.24, 2.45) is 23.2 Å². The first-order chi connectivity index (χ1) is 11.4. The Labute approximate surface area is 144 Å². The van der Waals surface area contributed by atoms with Gasteiger partial charge in [-0.3, -0.25) is 14.8 Å². The van der Waals surface area contributed by atoms with Gasteiger partial charge in [0.1, 0.15) is 5.78 Å². The molecule has 0 radical (unpaired) electrons. The third-order valence-electron chi connectivity index (χ3n) is 5.27. The van der Waals surface area contributed by atoms with Crippen LogP contribution in [0.4, 0.5) is 0 Å². The Morgan fingerprint density at radius 3 is 2.58 bits per heavy atom. The maximum atomic E-state index is 13.2. The minimum Gasteiger partial charge on any atom is -0.299 e. The molecule has 4 heteroatoms. The van der Waals surface area contributed by atoms with E-state index in [0.29, 0.717) is 12.3 Å². The molecule has 0 spiro atoms. The zero-order valence-electron chi connectivity index (χ0n) is 14.9. The Balaban J connectivity index is 2.13. The first kappa shape index (κ1) is 18.7. The van der Waals surface area contributed by atoms with Gasteiger partial charge in [-0.25, -0.2) is 5.48 Å². The predicted octanol–water partition coefficient (Wildman–Crippen LogP) is 3.77. The number of amides is 1. The SMILES string of the molecule is CC(C)CC1(CC(=O)NO)CC(C)C(CCc2ccccc2)C1=O. The first-order valence-corrected chi connectivity index (χ1v) is 8.89. The lowest BCUT2D eigenvalue weighted by Gasteiger charge is -2.29. The summed E-state index contributed by atoms with van der Waals surface area (Å²) in [7, 11) is 0. The summed E-state index contributed by atoms with van der Waals surface area (Å²) < 4.78 is 0. The van der Waals surface area contributed by atoms with Crippen molar-refractivity contribution >= 4 is 11.7 Å². The van der Waals surface area contributed by atoms with Crippen molar-refractivity contribution in [3.63, 3.8) is 0 Å². The molecule has 3 unspecified atom stereocenters. The first-order valence-electron chi connectivity index (χ1n) is 8.89. The molecule has 1 aromatic rings. The third-order valence-corrected chi connectivity index (χ3v) is 5.27. The minimum atomic E-state index is -0.623. The summed E-state index contributed by atoms with van der Waals surface area (Å²) >= 11 is 0. The summed E-state index contributed by atoms with van der Waals surface area (Å²) in [5.41, 5.74) is 2.33. The second-order valence-corrected chi connectivity index (χ2v) is 7.77. The van der Waals surface area contributed by atoms with Gasteiger partial charge in [-0.15, -0.1) is 0 Å². The molecule has 2 rings (SSSR count).